The van der Waals surface area contributed by atoms with Gasteiger partial charge in [-0.3, -0.25) is 4.98 Å². The van der Waals surface area contributed by atoms with Crippen LogP contribution in [0.5, 0.6) is 0 Å². The Kier molecular flexibility index (Phi) is 4.86. The molecule has 1 aromatic carbocycles. The van der Waals surface area contributed by atoms with Gasteiger partial charge in [-0.15, -0.1) is 0 Å². The largest absolute Gasteiger partial charge is 0.386 e. The van der Waals surface area contributed by atoms with E-state index in [0.717, 1.165) is 18.1 Å². The van der Waals surface area contributed by atoms with Crippen molar-refractivity contribution in [2.45, 2.75) is 25.9 Å². The third-order valence-electron chi connectivity index (χ3n) is 5.51. The molecular weight excluding hydrogens is 407 g/mol. The molecule has 0 spiro atoms. The molecule has 32 heavy (non-hydrogen) atoms. The van der Waals surface area contributed by atoms with Crippen LogP contribution < -0.4 is 5.32 Å². The van der Waals surface area contributed by atoms with Crippen LogP contribution in [-0.2, 0) is 12.0 Å². The standard InChI is InChI=1S/C24H23FN6O/c1-24(2,32)19-14-29-31-22(10-21(30-23(19)31)16-9-17(25)13-26-11-16)27-8-7-15-12-28-20-6-4-3-5-18(15)20/h3-6,9-14,27-28,32H,7-8H2,1-2H3. The van der Waals surface area contributed by atoms with Crippen LogP contribution in [0.2, 0.25) is 0 Å². The second-order valence-corrected chi connectivity index (χ2v) is 8.31. The van der Waals surface area contributed by atoms with Crippen LogP contribution in [0.4, 0.5) is 10.2 Å². The minimum atomic E-state index is -1.13. The van der Waals surface area contributed by atoms with Crippen LogP contribution in [-0.4, -0.2) is 36.2 Å². The van der Waals surface area contributed by atoms with Crippen molar-refractivity contribution in [3.63, 3.8) is 0 Å². The van der Waals surface area contributed by atoms with E-state index in [1.165, 1.54) is 17.0 Å². The molecule has 0 unspecified atom stereocenters. The zero-order valence-corrected chi connectivity index (χ0v) is 17.8. The first-order valence-corrected chi connectivity index (χ1v) is 10.4. The van der Waals surface area contributed by atoms with Gasteiger partial charge in [-0.1, -0.05) is 18.2 Å². The first-order valence-electron chi connectivity index (χ1n) is 10.4. The van der Waals surface area contributed by atoms with E-state index >= 15 is 0 Å². The van der Waals surface area contributed by atoms with E-state index < -0.39 is 11.4 Å². The van der Waals surface area contributed by atoms with Gasteiger partial charge in [0.15, 0.2) is 5.65 Å². The molecule has 4 aromatic heterocycles. The quantitative estimate of drug-likeness (QED) is 0.374. The van der Waals surface area contributed by atoms with Crippen molar-refractivity contribution in [1.82, 2.24) is 24.6 Å². The first kappa shape index (κ1) is 20.1. The molecule has 0 amide bonds. The summed E-state index contributed by atoms with van der Waals surface area (Å²) in [7, 11) is 0. The molecule has 0 aliphatic heterocycles. The molecule has 0 radical (unpaired) electrons. The van der Waals surface area contributed by atoms with Crippen molar-refractivity contribution >= 4 is 22.4 Å². The number of H-pyrrole nitrogens is 1. The zero-order chi connectivity index (χ0) is 22.3. The fraction of sp³-hybridized carbons (Fsp3) is 0.208. The Balaban J connectivity index is 1.51. The molecule has 162 valence electrons. The lowest BCUT2D eigenvalue weighted by Crippen LogP contribution is -2.16. The predicted octanol–water partition coefficient (Wildman–Crippen LogP) is 4.29. The second-order valence-electron chi connectivity index (χ2n) is 8.31. The molecule has 3 N–H and O–H groups in total. The summed E-state index contributed by atoms with van der Waals surface area (Å²) in [4.78, 5) is 11.9. The molecule has 0 atom stereocenters. The number of nitrogens with zero attached hydrogens (tertiary/aromatic N) is 4. The molecule has 0 bridgehead atoms. The minimum absolute atomic E-state index is 0.436. The summed E-state index contributed by atoms with van der Waals surface area (Å²) in [5, 5.41) is 19.7. The van der Waals surface area contributed by atoms with Gasteiger partial charge in [-0.05, 0) is 38.0 Å². The second kappa shape index (κ2) is 7.72. The van der Waals surface area contributed by atoms with Gasteiger partial charge in [0.05, 0.1) is 23.7 Å². The molecule has 0 saturated heterocycles. The molecule has 5 aromatic rings. The molecule has 0 saturated carbocycles. The number of aromatic nitrogens is 5. The van der Waals surface area contributed by atoms with E-state index in [9.17, 15) is 9.50 Å². The van der Waals surface area contributed by atoms with Crippen LogP contribution in [0.25, 0.3) is 27.8 Å². The Hall–Kier alpha value is -3.78. The van der Waals surface area contributed by atoms with Crippen molar-refractivity contribution in [3.8, 4) is 11.3 Å². The first-order chi connectivity index (χ1) is 15.4. The molecule has 5 rings (SSSR count). The van der Waals surface area contributed by atoms with E-state index in [0.29, 0.717) is 34.8 Å². The Bertz CT molecular complexity index is 1420. The van der Waals surface area contributed by atoms with E-state index in [4.69, 9.17) is 0 Å². The molecular formula is C24H23FN6O. The van der Waals surface area contributed by atoms with E-state index in [-0.39, 0.29) is 0 Å². The molecule has 0 aliphatic carbocycles. The summed E-state index contributed by atoms with van der Waals surface area (Å²) in [6, 6.07) is 11.4. The summed E-state index contributed by atoms with van der Waals surface area (Å²) in [6.07, 6.45) is 7.16. The Morgan fingerprint density at radius 1 is 1.16 bits per heavy atom. The average Bonchev–Trinajstić information content (AvgIpc) is 3.38. The number of halogens is 1. The summed E-state index contributed by atoms with van der Waals surface area (Å²) < 4.78 is 15.5. The number of benzene rings is 1. The number of para-hydroxylation sites is 1. The van der Waals surface area contributed by atoms with Crippen molar-refractivity contribution in [2.75, 3.05) is 11.9 Å². The number of fused-ring (bicyclic) bond motifs is 2. The fourth-order valence-corrected chi connectivity index (χ4v) is 3.88. The van der Waals surface area contributed by atoms with Gasteiger partial charge >= 0.3 is 0 Å². The molecule has 0 fully saturated rings. The monoisotopic (exact) mass is 430 g/mol. The lowest BCUT2D eigenvalue weighted by molar-refractivity contribution is 0.0799. The van der Waals surface area contributed by atoms with Crippen molar-refractivity contribution in [2.24, 2.45) is 0 Å². The highest BCUT2D eigenvalue weighted by atomic mass is 19.1. The lowest BCUT2D eigenvalue weighted by atomic mass is 10.0. The van der Waals surface area contributed by atoms with E-state index in [1.54, 1.807) is 30.8 Å². The van der Waals surface area contributed by atoms with Gasteiger partial charge in [0.1, 0.15) is 11.6 Å². The van der Waals surface area contributed by atoms with E-state index in [1.807, 2.05) is 24.4 Å². The lowest BCUT2D eigenvalue weighted by Gasteiger charge is -2.16. The maximum atomic E-state index is 13.8. The van der Waals surface area contributed by atoms with Gasteiger partial charge in [0.25, 0.3) is 0 Å². The van der Waals surface area contributed by atoms with Crippen LogP contribution in [0.1, 0.15) is 25.0 Å². The van der Waals surface area contributed by atoms with E-state index in [2.05, 4.69) is 37.5 Å². The zero-order valence-electron chi connectivity index (χ0n) is 17.8. The van der Waals surface area contributed by atoms with Gasteiger partial charge in [0.2, 0.25) is 0 Å². The normalized spacial score (nSPS) is 12.0. The predicted molar refractivity (Wildman–Crippen MR) is 122 cm³/mol. The number of anilines is 1. The summed E-state index contributed by atoms with van der Waals surface area (Å²) in [5.41, 5.74) is 3.38. The number of hydrogen-bond donors (Lipinski definition) is 3. The number of hydrogen-bond acceptors (Lipinski definition) is 5. The summed E-state index contributed by atoms with van der Waals surface area (Å²) >= 11 is 0. The molecule has 7 nitrogen and oxygen atoms in total. The van der Waals surface area contributed by atoms with Crippen molar-refractivity contribution < 1.29 is 9.50 Å². The van der Waals surface area contributed by atoms with Crippen LogP contribution >= 0.6 is 0 Å². The van der Waals surface area contributed by atoms with Gasteiger partial charge in [-0.2, -0.15) is 9.61 Å². The third kappa shape index (κ3) is 3.69. The molecule has 4 heterocycles. The van der Waals surface area contributed by atoms with Crippen molar-refractivity contribution in [3.05, 3.63) is 78.1 Å². The summed E-state index contributed by atoms with van der Waals surface area (Å²) in [6.45, 7) is 4.03. The number of rotatable bonds is 6. The van der Waals surface area contributed by atoms with Gasteiger partial charge < -0.3 is 15.4 Å². The van der Waals surface area contributed by atoms with Crippen LogP contribution in [0.3, 0.4) is 0 Å². The number of aliphatic hydroxyl groups is 1. The van der Waals surface area contributed by atoms with Crippen molar-refractivity contribution in [1.29, 1.82) is 0 Å². The Labute approximate surface area is 184 Å². The van der Waals surface area contributed by atoms with Gasteiger partial charge in [-0.25, -0.2) is 9.37 Å². The number of pyridine rings is 1. The summed E-state index contributed by atoms with van der Waals surface area (Å²) in [5.74, 6) is 0.263. The maximum Gasteiger partial charge on any atom is 0.164 e. The van der Waals surface area contributed by atoms with Crippen LogP contribution in [0, 0.1) is 5.82 Å². The molecule has 8 heteroatoms. The average molecular weight is 430 g/mol. The highest BCUT2D eigenvalue weighted by Gasteiger charge is 2.24. The molecule has 0 aliphatic rings. The topological polar surface area (TPSA) is 91.1 Å². The van der Waals surface area contributed by atoms with Crippen LogP contribution in [0.15, 0.2) is 61.2 Å². The Morgan fingerprint density at radius 2 is 2.00 bits per heavy atom. The smallest absolute Gasteiger partial charge is 0.164 e. The number of nitrogens with one attached hydrogen (secondary N) is 2. The third-order valence-corrected chi connectivity index (χ3v) is 5.51. The minimum Gasteiger partial charge on any atom is -0.386 e. The fourth-order valence-electron chi connectivity index (χ4n) is 3.88. The highest BCUT2D eigenvalue weighted by Crippen LogP contribution is 2.29. The maximum absolute atomic E-state index is 13.8. The van der Waals surface area contributed by atoms with Gasteiger partial charge in [0, 0.05) is 47.0 Å². The Morgan fingerprint density at radius 3 is 2.81 bits per heavy atom. The SMILES string of the molecule is CC(C)(O)c1cnn2c(NCCc3c[nH]c4ccccc34)cc(-c3cncc(F)c3)nc12. The highest BCUT2D eigenvalue weighted by molar-refractivity contribution is 5.83. The number of aromatic amines is 1.